The monoisotopic (exact) mass is 477 g/mol. The quantitative estimate of drug-likeness (QED) is 0.395. The van der Waals surface area contributed by atoms with Crippen LogP contribution < -0.4 is 14.8 Å². The van der Waals surface area contributed by atoms with Crippen molar-refractivity contribution in [2.45, 2.75) is 26.3 Å². The molecule has 2 aromatic heterocycles. The number of rotatable bonds is 5. The molecule has 0 atom stereocenters. The largest absolute Gasteiger partial charge is 0.454 e. The summed E-state index contributed by atoms with van der Waals surface area (Å²) in [5, 5.41) is 5.04. The van der Waals surface area contributed by atoms with Crippen molar-refractivity contribution < 1.29 is 14.3 Å². The molecule has 8 heteroatoms. The minimum atomic E-state index is -0.153. The molecule has 0 unspecified atom stereocenters. The number of nitrogens with zero attached hydrogens (tertiary/aromatic N) is 2. The molecule has 4 aromatic rings. The van der Waals surface area contributed by atoms with Gasteiger partial charge >= 0.3 is 0 Å². The van der Waals surface area contributed by atoms with Crippen LogP contribution in [0, 0.1) is 0 Å². The van der Waals surface area contributed by atoms with Gasteiger partial charge in [0.1, 0.15) is 10.0 Å². The van der Waals surface area contributed by atoms with Crippen LogP contribution in [0.15, 0.2) is 42.5 Å². The molecule has 6 rings (SSSR count). The van der Waals surface area contributed by atoms with Crippen LogP contribution in [0.25, 0.3) is 20.8 Å². The molecule has 2 aromatic carbocycles. The fourth-order valence-electron chi connectivity index (χ4n) is 4.47. The van der Waals surface area contributed by atoms with Gasteiger partial charge in [0.05, 0.1) is 10.2 Å². The zero-order valence-electron chi connectivity index (χ0n) is 18.2. The van der Waals surface area contributed by atoms with Crippen LogP contribution in [0.4, 0.5) is 5.00 Å². The van der Waals surface area contributed by atoms with Crippen molar-refractivity contribution in [3.8, 4) is 22.1 Å². The van der Waals surface area contributed by atoms with Gasteiger partial charge in [0.15, 0.2) is 11.5 Å². The molecule has 0 fully saturated rings. The molecule has 2 aliphatic heterocycles. The Balaban J connectivity index is 1.39. The van der Waals surface area contributed by atoms with Gasteiger partial charge in [-0.15, -0.1) is 22.7 Å². The number of nitrogens with one attached hydrogen (secondary N) is 1. The summed E-state index contributed by atoms with van der Waals surface area (Å²) < 4.78 is 12.0. The third-order valence-corrected chi connectivity index (χ3v) is 8.23. The number of benzene rings is 2. The number of thiazole rings is 1. The summed E-state index contributed by atoms with van der Waals surface area (Å²) in [6, 6.07) is 13.5. The van der Waals surface area contributed by atoms with Crippen LogP contribution in [0.2, 0.25) is 0 Å². The van der Waals surface area contributed by atoms with Gasteiger partial charge in [-0.1, -0.05) is 19.1 Å². The van der Waals surface area contributed by atoms with Gasteiger partial charge in [0.25, 0.3) is 5.91 Å². The number of amides is 1. The second kappa shape index (κ2) is 8.44. The third-order valence-electron chi connectivity index (χ3n) is 6.05. The van der Waals surface area contributed by atoms with Crippen LogP contribution in [0.5, 0.6) is 11.5 Å². The molecule has 0 spiro atoms. The van der Waals surface area contributed by atoms with Crippen molar-refractivity contribution >= 4 is 43.8 Å². The van der Waals surface area contributed by atoms with Crippen LogP contribution in [-0.4, -0.2) is 35.7 Å². The van der Waals surface area contributed by atoms with Crippen molar-refractivity contribution in [2.24, 2.45) is 0 Å². The summed E-state index contributed by atoms with van der Waals surface area (Å²) in [7, 11) is 0. The molecule has 0 radical (unpaired) electrons. The molecule has 2 aliphatic rings. The van der Waals surface area contributed by atoms with Crippen molar-refractivity contribution in [1.29, 1.82) is 0 Å². The van der Waals surface area contributed by atoms with E-state index in [1.165, 1.54) is 10.4 Å². The Bertz CT molecular complexity index is 1330. The summed E-state index contributed by atoms with van der Waals surface area (Å²) in [6.07, 6.45) is 2.11. The summed E-state index contributed by atoms with van der Waals surface area (Å²) in [6.45, 7) is 5.45. The van der Waals surface area contributed by atoms with Gasteiger partial charge in [-0.2, -0.15) is 0 Å². The zero-order chi connectivity index (χ0) is 22.4. The van der Waals surface area contributed by atoms with Crippen LogP contribution in [-0.2, 0) is 13.0 Å². The van der Waals surface area contributed by atoms with E-state index < -0.39 is 0 Å². The van der Waals surface area contributed by atoms with Gasteiger partial charge in [0, 0.05) is 29.1 Å². The topological polar surface area (TPSA) is 63.7 Å². The number of ether oxygens (including phenoxy) is 2. The van der Waals surface area contributed by atoms with E-state index >= 15 is 0 Å². The number of aromatic nitrogens is 1. The Morgan fingerprint density at radius 1 is 1.15 bits per heavy atom. The number of carbonyl (C=O) groups excluding carboxylic acids is 1. The fourth-order valence-corrected chi connectivity index (χ4v) is 6.87. The number of thiophene rings is 1. The predicted molar refractivity (Wildman–Crippen MR) is 133 cm³/mol. The highest BCUT2D eigenvalue weighted by atomic mass is 32.1. The maximum absolute atomic E-state index is 13.2. The summed E-state index contributed by atoms with van der Waals surface area (Å²) in [4.78, 5) is 22.0. The van der Waals surface area contributed by atoms with E-state index in [-0.39, 0.29) is 12.7 Å². The molecule has 6 nitrogen and oxygen atoms in total. The van der Waals surface area contributed by atoms with Crippen LogP contribution >= 0.6 is 22.7 Å². The Morgan fingerprint density at radius 3 is 2.91 bits per heavy atom. The SMILES string of the molecule is CCCN1CCc2c(sc(NC(=O)c3ccc4c(c3)OCO4)c2-c2nc3ccccc3s2)C1. The summed E-state index contributed by atoms with van der Waals surface area (Å²) >= 11 is 3.37. The van der Waals surface area contributed by atoms with E-state index in [2.05, 4.69) is 23.2 Å². The van der Waals surface area contributed by atoms with Crippen molar-refractivity contribution in [1.82, 2.24) is 9.88 Å². The molecule has 33 heavy (non-hydrogen) atoms. The zero-order valence-corrected chi connectivity index (χ0v) is 19.9. The van der Waals surface area contributed by atoms with E-state index in [0.717, 1.165) is 58.3 Å². The second-order valence-electron chi connectivity index (χ2n) is 8.24. The van der Waals surface area contributed by atoms with Gasteiger partial charge in [-0.25, -0.2) is 4.98 Å². The third kappa shape index (κ3) is 3.78. The first-order valence-electron chi connectivity index (χ1n) is 11.1. The van der Waals surface area contributed by atoms with Gasteiger partial charge < -0.3 is 14.8 Å². The Morgan fingerprint density at radius 2 is 2.03 bits per heavy atom. The molecule has 0 aliphatic carbocycles. The summed E-state index contributed by atoms with van der Waals surface area (Å²) in [5.41, 5.74) is 3.95. The number of carbonyl (C=O) groups is 1. The Hall–Kier alpha value is -2.94. The number of para-hydroxylation sites is 1. The van der Waals surface area contributed by atoms with Crippen molar-refractivity contribution in [3.63, 3.8) is 0 Å². The Kier molecular flexibility index (Phi) is 5.28. The smallest absolute Gasteiger partial charge is 0.256 e. The number of hydrogen-bond donors (Lipinski definition) is 1. The highest BCUT2D eigenvalue weighted by Crippen LogP contribution is 2.46. The average molecular weight is 478 g/mol. The van der Waals surface area contributed by atoms with E-state index in [1.807, 2.05) is 18.2 Å². The average Bonchev–Trinajstić information content (AvgIpc) is 3.54. The molecule has 4 heterocycles. The first-order valence-corrected chi connectivity index (χ1v) is 12.8. The highest BCUT2D eigenvalue weighted by molar-refractivity contribution is 7.23. The Labute approximate surface area is 199 Å². The predicted octanol–water partition coefficient (Wildman–Crippen LogP) is 5.77. The van der Waals surface area contributed by atoms with Crippen LogP contribution in [0.1, 0.15) is 34.1 Å². The lowest BCUT2D eigenvalue weighted by Gasteiger charge is -2.26. The van der Waals surface area contributed by atoms with E-state index in [1.54, 1.807) is 40.9 Å². The lowest BCUT2D eigenvalue weighted by Crippen LogP contribution is -2.30. The maximum atomic E-state index is 13.2. The minimum Gasteiger partial charge on any atom is -0.454 e. The lowest BCUT2D eigenvalue weighted by atomic mass is 10.0. The molecule has 1 N–H and O–H groups in total. The molecule has 1 amide bonds. The number of hydrogen-bond acceptors (Lipinski definition) is 7. The van der Waals surface area contributed by atoms with Crippen molar-refractivity contribution in [3.05, 3.63) is 58.5 Å². The highest BCUT2D eigenvalue weighted by Gasteiger charge is 2.28. The van der Waals surface area contributed by atoms with E-state index in [0.29, 0.717) is 17.1 Å². The van der Waals surface area contributed by atoms with E-state index in [9.17, 15) is 4.79 Å². The lowest BCUT2D eigenvalue weighted by molar-refractivity contribution is 0.102. The standard InChI is InChI=1S/C25H23N3O3S2/c1-2-10-28-11-9-16-21(13-28)33-25(22(16)24-26-17-5-3-4-6-20(17)32-24)27-23(29)15-7-8-18-19(12-15)31-14-30-18/h3-8,12H,2,9-11,13-14H2,1H3,(H,27,29). The summed E-state index contributed by atoms with van der Waals surface area (Å²) in [5.74, 6) is 1.12. The molecule has 0 saturated heterocycles. The number of fused-ring (bicyclic) bond motifs is 3. The molecule has 168 valence electrons. The normalized spacial score (nSPS) is 15.1. The molecular formula is C25H23N3O3S2. The first-order chi connectivity index (χ1) is 16.2. The molecule has 0 saturated carbocycles. The minimum absolute atomic E-state index is 0.153. The second-order valence-corrected chi connectivity index (χ2v) is 10.4. The molecular weight excluding hydrogens is 454 g/mol. The van der Waals surface area contributed by atoms with Crippen molar-refractivity contribution in [2.75, 3.05) is 25.2 Å². The fraction of sp³-hybridized carbons (Fsp3) is 0.280. The van der Waals surface area contributed by atoms with Crippen LogP contribution in [0.3, 0.4) is 0 Å². The van der Waals surface area contributed by atoms with Gasteiger partial charge in [0.2, 0.25) is 6.79 Å². The van der Waals surface area contributed by atoms with Gasteiger partial charge in [-0.3, -0.25) is 9.69 Å². The van der Waals surface area contributed by atoms with E-state index in [4.69, 9.17) is 14.5 Å². The van der Waals surface area contributed by atoms with Gasteiger partial charge in [-0.05, 0) is 55.3 Å². The molecule has 0 bridgehead atoms. The maximum Gasteiger partial charge on any atom is 0.256 e. The number of anilines is 1. The first kappa shape index (κ1) is 20.7.